The van der Waals surface area contributed by atoms with Crippen LogP contribution in [-0.2, 0) is 6.18 Å². The predicted octanol–water partition coefficient (Wildman–Crippen LogP) is 4.86. The summed E-state index contributed by atoms with van der Waals surface area (Å²) >= 11 is 0. The van der Waals surface area contributed by atoms with E-state index in [1.165, 1.54) is 12.1 Å². The minimum absolute atomic E-state index is 0.356. The van der Waals surface area contributed by atoms with Gasteiger partial charge in [0.05, 0.1) is 17.2 Å². The van der Waals surface area contributed by atoms with Crippen molar-refractivity contribution in [2.45, 2.75) is 20.0 Å². The number of nitrogens with zero attached hydrogens (tertiary/aromatic N) is 1. The minimum Gasteiger partial charge on any atom is -0.192 e. The van der Waals surface area contributed by atoms with Crippen molar-refractivity contribution in [3.8, 4) is 17.2 Å². The van der Waals surface area contributed by atoms with Crippen LogP contribution in [0.25, 0.3) is 11.1 Å². The van der Waals surface area contributed by atoms with Gasteiger partial charge in [0.1, 0.15) is 0 Å². The molecule has 2 aromatic rings. The molecule has 0 fully saturated rings. The van der Waals surface area contributed by atoms with E-state index in [-0.39, 0.29) is 5.56 Å². The maximum absolute atomic E-state index is 12.9. The van der Waals surface area contributed by atoms with Crippen molar-refractivity contribution in [3.05, 3.63) is 58.7 Å². The highest BCUT2D eigenvalue weighted by Gasteiger charge is 2.33. The zero-order chi connectivity index (χ0) is 14.9. The van der Waals surface area contributed by atoms with Gasteiger partial charge < -0.3 is 0 Å². The largest absolute Gasteiger partial charge is 0.417 e. The van der Waals surface area contributed by atoms with E-state index >= 15 is 0 Å². The average molecular weight is 275 g/mol. The standard InChI is InChI=1S/C16H12F3N/c1-10-3-4-12(7-11(10)2)13-5-6-14(9-20)15(8-13)16(17,18)19/h3-8H,1-2H3. The van der Waals surface area contributed by atoms with Crippen LogP contribution in [0.1, 0.15) is 22.3 Å². The summed E-state index contributed by atoms with van der Waals surface area (Å²) in [4.78, 5) is 0. The molecule has 1 nitrogen and oxygen atoms in total. The number of alkyl halides is 3. The lowest BCUT2D eigenvalue weighted by atomic mass is 9.97. The number of nitriles is 1. The van der Waals surface area contributed by atoms with Crippen LogP contribution in [-0.4, -0.2) is 0 Å². The molecule has 0 amide bonds. The quantitative estimate of drug-likeness (QED) is 0.729. The first-order valence-electron chi connectivity index (χ1n) is 6.02. The van der Waals surface area contributed by atoms with Crippen molar-refractivity contribution in [1.29, 1.82) is 5.26 Å². The first kappa shape index (κ1) is 14.1. The van der Waals surface area contributed by atoms with Gasteiger partial charge in [-0.25, -0.2) is 0 Å². The SMILES string of the molecule is Cc1ccc(-c2ccc(C#N)c(C(F)(F)F)c2)cc1C. The van der Waals surface area contributed by atoms with E-state index in [0.717, 1.165) is 17.2 Å². The van der Waals surface area contributed by atoms with E-state index in [1.54, 1.807) is 12.1 Å². The Hall–Kier alpha value is -2.28. The molecule has 0 heterocycles. The fraction of sp³-hybridized carbons (Fsp3) is 0.188. The Balaban J connectivity index is 2.59. The fourth-order valence-corrected chi connectivity index (χ4v) is 1.98. The van der Waals surface area contributed by atoms with Gasteiger partial charge in [-0.3, -0.25) is 0 Å². The van der Waals surface area contributed by atoms with Crippen LogP contribution >= 0.6 is 0 Å². The van der Waals surface area contributed by atoms with Crippen LogP contribution in [0.4, 0.5) is 13.2 Å². The van der Waals surface area contributed by atoms with Crippen molar-refractivity contribution in [1.82, 2.24) is 0 Å². The zero-order valence-electron chi connectivity index (χ0n) is 11.0. The van der Waals surface area contributed by atoms with Gasteiger partial charge in [-0.15, -0.1) is 0 Å². The van der Waals surface area contributed by atoms with E-state index in [4.69, 9.17) is 5.26 Å². The monoisotopic (exact) mass is 275 g/mol. The number of hydrogen-bond donors (Lipinski definition) is 0. The number of benzene rings is 2. The van der Waals surface area contributed by atoms with Crippen LogP contribution in [0.5, 0.6) is 0 Å². The third-order valence-electron chi connectivity index (χ3n) is 3.29. The summed E-state index contributed by atoms with van der Waals surface area (Å²) in [5, 5.41) is 8.77. The van der Waals surface area contributed by atoms with E-state index < -0.39 is 11.7 Å². The molecule has 0 aliphatic heterocycles. The van der Waals surface area contributed by atoms with Crippen LogP contribution in [0.3, 0.4) is 0 Å². The van der Waals surface area contributed by atoms with Gasteiger partial charge in [0, 0.05) is 0 Å². The second-order valence-electron chi connectivity index (χ2n) is 4.67. The van der Waals surface area contributed by atoms with Gasteiger partial charge in [0.2, 0.25) is 0 Å². The van der Waals surface area contributed by atoms with Gasteiger partial charge in [-0.05, 0) is 48.2 Å². The van der Waals surface area contributed by atoms with E-state index in [1.807, 2.05) is 26.0 Å². The molecule has 0 bridgehead atoms. The molecule has 0 saturated carbocycles. The summed E-state index contributed by atoms with van der Waals surface area (Å²) in [6.07, 6.45) is -4.53. The summed E-state index contributed by atoms with van der Waals surface area (Å²) in [6, 6.07) is 10.9. The molecule has 0 atom stereocenters. The lowest BCUT2D eigenvalue weighted by Gasteiger charge is -2.12. The first-order valence-corrected chi connectivity index (χ1v) is 6.02. The summed E-state index contributed by atoms with van der Waals surface area (Å²) in [6.45, 7) is 3.85. The summed E-state index contributed by atoms with van der Waals surface area (Å²) < 4.78 is 38.8. The first-order chi connectivity index (χ1) is 9.32. The van der Waals surface area contributed by atoms with Crippen LogP contribution in [0, 0.1) is 25.2 Å². The van der Waals surface area contributed by atoms with Crippen molar-refractivity contribution >= 4 is 0 Å². The molecule has 0 spiro atoms. The molecule has 0 aliphatic carbocycles. The van der Waals surface area contributed by atoms with E-state index in [0.29, 0.717) is 11.1 Å². The second kappa shape index (κ2) is 5.01. The lowest BCUT2D eigenvalue weighted by Crippen LogP contribution is -2.07. The Labute approximate surface area is 115 Å². The molecule has 4 heteroatoms. The Morgan fingerprint density at radius 2 is 1.50 bits per heavy atom. The van der Waals surface area contributed by atoms with Crippen molar-refractivity contribution < 1.29 is 13.2 Å². The molecule has 0 saturated heterocycles. The smallest absolute Gasteiger partial charge is 0.192 e. The van der Waals surface area contributed by atoms with Crippen LogP contribution in [0.15, 0.2) is 36.4 Å². The maximum Gasteiger partial charge on any atom is 0.417 e. The number of halogens is 3. The molecule has 20 heavy (non-hydrogen) atoms. The maximum atomic E-state index is 12.9. The highest BCUT2D eigenvalue weighted by Crippen LogP contribution is 2.35. The molecule has 2 rings (SSSR count). The summed E-state index contributed by atoms with van der Waals surface area (Å²) in [7, 11) is 0. The normalized spacial score (nSPS) is 11.2. The van der Waals surface area contributed by atoms with Crippen molar-refractivity contribution in [2.75, 3.05) is 0 Å². The van der Waals surface area contributed by atoms with Gasteiger partial charge in [-0.2, -0.15) is 18.4 Å². The number of aryl methyl sites for hydroxylation is 2. The Morgan fingerprint density at radius 1 is 0.900 bits per heavy atom. The molecular weight excluding hydrogens is 263 g/mol. The highest BCUT2D eigenvalue weighted by atomic mass is 19.4. The van der Waals surface area contributed by atoms with Gasteiger partial charge in [-0.1, -0.05) is 24.3 Å². The molecular formula is C16H12F3N. The number of hydrogen-bond acceptors (Lipinski definition) is 1. The molecule has 102 valence electrons. The topological polar surface area (TPSA) is 23.8 Å². The third kappa shape index (κ3) is 2.67. The highest BCUT2D eigenvalue weighted by molar-refractivity contribution is 5.67. The zero-order valence-corrected chi connectivity index (χ0v) is 11.0. The van der Waals surface area contributed by atoms with Crippen molar-refractivity contribution in [2.24, 2.45) is 0 Å². The minimum atomic E-state index is -4.53. The van der Waals surface area contributed by atoms with Gasteiger partial charge in [0.25, 0.3) is 0 Å². The second-order valence-corrected chi connectivity index (χ2v) is 4.67. The molecule has 0 aromatic heterocycles. The van der Waals surface area contributed by atoms with E-state index in [2.05, 4.69) is 0 Å². The molecule has 0 radical (unpaired) electrons. The molecule has 0 N–H and O–H groups in total. The molecule has 2 aromatic carbocycles. The lowest BCUT2D eigenvalue weighted by molar-refractivity contribution is -0.137. The van der Waals surface area contributed by atoms with E-state index in [9.17, 15) is 13.2 Å². The Kier molecular flexibility index (Phi) is 3.54. The fourth-order valence-electron chi connectivity index (χ4n) is 1.98. The Morgan fingerprint density at radius 3 is 2.05 bits per heavy atom. The Bertz CT molecular complexity index is 694. The molecule has 0 unspecified atom stereocenters. The van der Waals surface area contributed by atoms with Gasteiger partial charge in [0.15, 0.2) is 0 Å². The number of rotatable bonds is 1. The van der Waals surface area contributed by atoms with Gasteiger partial charge >= 0.3 is 6.18 Å². The third-order valence-corrected chi connectivity index (χ3v) is 3.29. The molecule has 0 aliphatic rings. The summed E-state index contributed by atoms with van der Waals surface area (Å²) in [5.41, 5.74) is 2.02. The van der Waals surface area contributed by atoms with Crippen molar-refractivity contribution in [3.63, 3.8) is 0 Å². The summed E-state index contributed by atoms with van der Waals surface area (Å²) in [5.74, 6) is 0. The average Bonchev–Trinajstić information content (AvgIpc) is 2.40. The van der Waals surface area contributed by atoms with Crippen LogP contribution < -0.4 is 0 Å². The van der Waals surface area contributed by atoms with Crippen LogP contribution in [0.2, 0.25) is 0 Å². The predicted molar refractivity (Wildman–Crippen MR) is 71.1 cm³/mol.